The Hall–Kier alpha value is -3.19. The van der Waals surface area contributed by atoms with E-state index in [9.17, 15) is 0 Å². The molecule has 8 rings (SSSR count). The first-order chi connectivity index (χ1) is 16.1. The number of aromatic nitrogens is 1. The van der Waals surface area contributed by atoms with E-state index >= 15 is 0 Å². The van der Waals surface area contributed by atoms with Crippen LogP contribution >= 0.6 is 0 Å². The molecule has 3 aliphatic heterocycles. The van der Waals surface area contributed by atoms with Crippen molar-refractivity contribution in [3.63, 3.8) is 0 Å². The molecule has 3 aromatic carbocycles. The van der Waals surface area contributed by atoms with E-state index in [0.717, 1.165) is 25.7 Å². The van der Waals surface area contributed by atoms with Crippen LogP contribution in [0.4, 0.5) is 0 Å². The molecule has 4 aromatic rings. The fourth-order valence-corrected chi connectivity index (χ4v) is 7.21. The average Bonchev–Trinajstić information content (AvgIpc) is 2.94. The lowest BCUT2D eigenvalue weighted by Crippen LogP contribution is -2.56. The minimum atomic E-state index is -0.0134. The van der Waals surface area contributed by atoms with Crippen LogP contribution in [-0.2, 0) is 17.4 Å². The number of benzene rings is 3. The first kappa shape index (κ1) is 19.3. The van der Waals surface area contributed by atoms with Crippen molar-refractivity contribution in [2.45, 2.75) is 57.4 Å². The summed E-state index contributed by atoms with van der Waals surface area (Å²) < 4.78 is 2.66. The van der Waals surface area contributed by atoms with Crippen LogP contribution in [0.5, 0.6) is 0 Å². The fourth-order valence-electron chi connectivity index (χ4n) is 7.21. The highest BCUT2D eigenvalue weighted by atomic mass is 15.1. The van der Waals surface area contributed by atoms with Gasteiger partial charge < -0.3 is 0 Å². The van der Waals surface area contributed by atoms with Crippen molar-refractivity contribution in [2.24, 2.45) is 0 Å². The molecule has 1 heteroatoms. The van der Waals surface area contributed by atoms with Crippen LogP contribution in [0.2, 0.25) is 0 Å². The Morgan fingerprint density at radius 3 is 2.42 bits per heavy atom. The summed E-state index contributed by atoms with van der Waals surface area (Å²) in [5, 5.41) is 1.36. The van der Waals surface area contributed by atoms with Crippen molar-refractivity contribution in [1.82, 2.24) is 0 Å². The third-order valence-electron chi connectivity index (χ3n) is 9.06. The monoisotopic (exact) mass is 428 g/mol. The molecule has 0 amide bonds. The van der Waals surface area contributed by atoms with E-state index in [4.69, 9.17) is 0 Å². The predicted molar refractivity (Wildman–Crippen MR) is 137 cm³/mol. The van der Waals surface area contributed by atoms with E-state index < -0.39 is 0 Å². The van der Waals surface area contributed by atoms with Gasteiger partial charge in [0.15, 0.2) is 5.54 Å². The van der Waals surface area contributed by atoms with Gasteiger partial charge in [-0.05, 0) is 76.6 Å². The van der Waals surface area contributed by atoms with Gasteiger partial charge in [0.25, 0.3) is 0 Å². The molecule has 4 bridgehead atoms. The van der Waals surface area contributed by atoms with Crippen molar-refractivity contribution < 1.29 is 4.57 Å². The van der Waals surface area contributed by atoms with Gasteiger partial charge >= 0.3 is 0 Å². The quantitative estimate of drug-likeness (QED) is 0.296. The zero-order chi connectivity index (χ0) is 22.4. The topological polar surface area (TPSA) is 3.88 Å². The Labute approximate surface area is 196 Å². The zero-order valence-electron chi connectivity index (χ0n) is 19.8. The van der Waals surface area contributed by atoms with Gasteiger partial charge in [-0.3, -0.25) is 0 Å². The van der Waals surface area contributed by atoms with Gasteiger partial charge in [0.1, 0.15) is 0 Å². The summed E-state index contributed by atoms with van der Waals surface area (Å²) in [5.41, 5.74) is 12.9. The summed E-state index contributed by atoms with van der Waals surface area (Å²) in [4.78, 5) is 0. The first-order valence-corrected chi connectivity index (χ1v) is 12.6. The second-order valence-electron chi connectivity index (χ2n) is 10.2. The van der Waals surface area contributed by atoms with E-state index in [2.05, 4.69) is 104 Å². The summed E-state index contributed by atoms with van der Waals surface area (Å²) in [7, 11) is 0. The molecule has 1 aromatic heterocycles. The van der Waals surface area contributed by atoms with Gasteiger partial charge in [-0.1, -0.05) is 57.2 Å². The molecule has 1 nitrogen and oxygen atoms in total. The number of rotatable bonds is 3. The van der Waals surface area contributed by atoms with Gasteiger partial charge in [0, 0.05) is 35.8 Å². The van der Waals surface area contributed by atoms with Crippen LogP contribution in [0.3, 0.4) is 0 Å². The summed E-state index contributed by atoms with van der Waals surface area (Å²) in [5.74, 6) is 0. The minimum Gasteiger partial charge on any atom is -0.182 e. The maximum Gasteiger partial charge on any atom is 0.214 e. The van der Waals surface area contributed by atoms with E-state index in [1.54, 1.807) is 0 Å². The van der Waals surface area contributed by atoms with E-state index in [-0.39, 0.29) is 11.0 Å². The lowest BCUT2D eigenvalue weighted by molar-refractivity contribution is -0.719. The number of hydrogen-bond acceptors (Lipinski definition) is 0. The summed E-state index contributed by atoms with van der Waals surface area (Å²) in [6, 6.07) is 25.9. The lowest BCUT2D eigenvalue weighted by Gasteiger charge is -2.30. The first-order valence-electron chi connectivity index (χ1n) is 12.6. The van der Waals surface area contributed by atoms with Gasteiger partial charge in [-0.25, -0.2) is 0 Å². The van der Waals surface area contributed by atoms with Crippen molar-refractivity contribution >= 4 is 17.0 Å². The van der Waals surface area contributed by atoms with Gasteiger partial charge in [0.2, 0.25) is 11.2 Å². The molecule has 0 N–H and O–H groups in total. The molecule has 0 fully saturated rings. The second-order valence-corrected chi connectivity index (χ2v) is 10.2. The molecular weight excluding hydrogens is 398 g/mol. The highest BCUT2D eigenvalue weighted by molar-refractivity contribution is 5.89. The summed E-state index contributed by atoms with van der Waals surface area (Å²) in [6.45, 7) is 7.06. The molecule has 162 valence electrons. The van der Waals surface area contributed by atoms with Gasteiger partial charge in [-0.15, -0.1) is 0 Å². The standard InChI is InChI=1S/C32H30N/c1-4-31-16-15-22-18-26-24-9-7-8-10-27(24)32(5-2,6-3)28(26)19-25(22)30-14-12-23-17-21(20-31)11-13-29(23)33(30)31/h7-19H,4-6,20H2,1-3H3/q+1. The third kappa shape index (κ3) is 2.26. The predicted octanol–water partition coefficient (Wildman–Crippen LogP) is 7.57. The zero-order valence-corrected chi connectivity index (χ0v) is 19.8. The normalized spacial score (nSPS) is 20.5. The van der Waals surface area contributed by atoms with Crippen LogP contribution in [0.25, 0.3) is 39.4 Å². The molecule has 1 unspecified atom stereocenters. The molecule has 0 radical (unpaired) electrons. The molecular formula is C32H30N+. The largest absolute Gasteiger partial charge is 0.214 e. The minimum absolute atomic E-state index is 0.0134. The van der Waals surface area contributed by atoms with Crippen LogP contribution in [0.15, 0.2) is 72.8 Å². The number of fused-ring (bicyclic) bond motifs is 6. The van der Waals surface area contributed by atoms with Crippen molar-refractivity contribution in [1.29, 1.82) is 0 Å². The summed E-state index contributed by atoms with van der Waals surface area (Å²) in [6.07, 6.45) is 9.31. The molecule has 1 aliphatic carbocycles. The van der Waals surface area contributed by atoms with E-state index in [0.29, 0.717) is 0 Å². The molecule has 1 atom stereocenters. The fraction of sp³-hybridized carbons (Fsp3) is 0.281. The Bertz CT molecular complexity index is 1500. The van der Waals surface area contributed by atoms with Crippen LogP contribution in [0.1, 0.15) is 62.3 Å². The molecule has 0 spiro atoms. The maximum atomic E-state index is 2.66. The number of hydrogen-bond donors (Lipinski definition) is 0. The molecule has 33 heavy (non-hydrogen) atoms. The van der Waals surface area contributed by atoms with Crippen LogP contribution < -0.4 is 4.57 Å². The third-order valence-corrected chi connectivity index (χ3v) is 9.06. The van der Waals surface area contributed by atoms with Gasteiger partial charge in [-0.2, -0.15) is 4.57 Å². The highest BCUT2D eigenvalue weighted by Crippen LogP contribution is 2.54. The van der Waals surface area contributed by atoms with Crippen LogP contribution in [-0.4, -0.2) is 0 Å². The Balaban J connectivity index is 1.60. The number of allylic oxidation sites excluding steroid dienone is 1. The molecule has 4 aliphatic rings. The van der Waals surface area contributed by atoms with Crippen molar-refractivity contribution in [3.8, 4) is 22.4 Å². The van der Waals surface area contributed by atoms with Crippen molar-refractivity contribution in [2.75, 3.05) is 0 Å². The number of nitrogens with zero attached hydrogens (tertiary/aromatic N) is 1. The molecule has 0 saturated heterocycles. The molecule has 0 saturated carbocycles. The number of pyridine rings is 1. The lowest BCUT2D eigenvalue weighted by atomic mass is 9.73. The highest BCUT2D eigenvalue weighted by Gasteiger charge is 2.45. The Morgan fingerprint density at radius 1 is 0.758 bits per heavy atom. The molecule has 4 heterocycles. The van der Waals surface area contributed by atoms with E-state index in [1.165, 1.54) is 55.5 Å². The Morgan fingerprint density at radius 2 is 1.61 bits per heavy atom. The van der Waals surface area contributed by atoms with Crippen LogP contribution in [0, 0.1) is 0 Å². The second kappa shape index (κ2) is 6.44. The summed E-state index contributed by atoms with van der Waals surface area (Å²) >= 11 is 0. The van der Waals surface area contributed by atoms with Crippen molar-refractivity contribution in [3.05, 3.63) is 95.1 Å². The smallest absolute Gasteiger partial charge is 0.182 e. The van der Waals surface area contributed by atoms with Gasteiger partial charge in [0.05, 0.1) is 5.56 Å². The Kier molecular flexibility index (Phi) is 3.77. The van der Waals surface area contributed by atoms with E-state index in [1.807, 2.05) is 0 Å². The maximum absolute atomic E-state index is 2.66. The SMILES string of the molecule is CCC1(CC)c2ccccc2-c2cc3c(cc21)-c1ccc2cc4ccc2[n+]1C(CC)(C=C3)C4. The average molecular weight is 429 g/mol.